The molecule has 2 amide bonds. The molecule has 21 heavy (non-hydrogen) atoms. The van der Waals surface area contributed by atoms with Gasteiger partial charge in [-0.15, -0.1) is 0 Å². The highest BCUT2D eigenvalue weighted by Crippen LogP contribution is 2.28. The Morgan fingerprint density at radius 3 is 2.19 bits per heavy atom. The highest BCUT2D eigenvalue weighted by molar-refractivity contribution is 9.10. The van der Waals surface area contributed by atoms with E-state index in [-0.39, 0.29) is 23.2 Å². The van der Waals surface area contributed by atoms with Crippen molar-refractivity contribution in [3.63, 3.8) is 0 Å². The van der Waals surface area contributed by atoms with Crippen LogP contribution in [0.15, 0.2) is 16.6 Å². The van der Waals surface area contributed by atoms with E-state index >= 15 is 0 Å². The predicted octanol–water partition coefficient (Wildman–Crippen LogP) is 2.12. The van der Waals surface area contributed by atoms with Crippen LogP contribution in [0.1, 0.15) is 46.7 Å². The lowest BCUT2D eigenvalue weighted by molar-refractivity contribution is 0.0942. The molecule has 1 heterocycles. The quantitative estimate of drug-likeness (QED) is 0.824. The van der Waals surface area contributed by atoms with Gasteiger partial charge in [0.1, 0.15) is 11.4 Å². The standard InChI is InChI=1S/C15H18BrN3O2/c16-11-5-6-12(14(20)17-7-9-1-2-9)19-13(11)15(21)18-8-10-3-4-10/h5-6,9-10H,1-4,7-8H2,(H,17,20)(H,18,21). The summed E-state index contributed by atoms with van der Waals surface area (Å²) in [5, 5.41) is 5.72. The summed E-state index contributed by atoms with van der Waals surface area (Å²) in [6.45, 7) is 1.38. The number of halogens is 1. The molecule has 2 N–H and O–H groups in total. The first-order valence-corrected chi connectivity index (χ1v) is 8.15. The monoisotopic (exact) mass is 351 g/mol. The van der Waals surface area contributed by atoms with Gasteiger partial charge < -0.3 is 10.6 Å². The summed E-state index contributed by atoms with van der Waals surface area (Å²) in [6, 6.07) is 3.33. The second-order valence-corrected chi connectivity index (χ2v) is 6.69. The van der Waals surface area contributed by atoms with Crippen LogP contribution < -0.4 is 10.6 Å². The Morgan fingerprint density at radius 1 is 1.05 bits per heavy atom. The van der Waals surface area contributed by atoms with Crippen LogP contribution in [0.3, 0.4) is 0 Å². The summed E-state index contributed by atoms with van der Waals surface area (Å²) in [6.07, 6.45) is 4.72. The van der Waals surface area contributed by atoms with Crippen molar-refractivity contribution < 1.29 is 9.59 Å². The molecule has 0 bridgehead atoms. The third kappa shape index (κ3) is 4.03. The number of carbonyl (C=O) groups excluding carboxylic acids is 2. The van der Waals surface area contributed by atoms with E-state index in [4.69, 9.17) is 0 Å². The van der Waals surface area contributed by atoms with Gasteiger partial charge in [-0.05, 0) is 65.6 Å². The molecule has 0 unspecified atom stereocenters. The van der Waals surface area contributed by atoms with Crippen molar-refractivity contribution in [2.24, 2.45) is 11.8 Å². The van der Waals surface area contributed by atoms with Gasteiger partial charge in [0.05, 0.1) is 0 Å². The van der Waals surface area contributed by atoms with Crippen molar-refractivity contribution in [3.8, 4) is 0 Å². The fraction of sp³-hybridized carbons (Fsp3) is 0.533. The minimum Gasteiger partial charge on any atom is -0.350 e. The zero-order valence-corrected chi connectivity index (χ0v) is 13.3. The van der Waals surface area contributed by atoms with Gasteiger partial charge in [0.15, 0.2) is 0 Å². The molecular weight excluding hydrogens is 334 g/mol. The van der Waals surface area contributed by atoms with Crippen molar-refractivity contribution in [1.29, 1.82) is 0 Å². The lowest BCUT2D eigenvalue weighted by atomic mass is 10.2. The Bertz CT molecular complexity index is 568. The first-order valence-electron chi connectivity index (χ1n) is 7.36. The summed E-state index contributed by atoms with van der Waals surface area (Å²) >= 11 is 3.32. The fourth-order valence-corrected chi connectivity index (χ4v) is 2.42. The van der Waals surface area contributed by atoms with Crippen molar-refractivity contribution in [2.75, 3.05) is 13.1 Å². The molecule has 0 atom stereocenters. The highest BCUT2D eigenvalue weighted by atomic mass is 79.9. The van der Waals surface area contributed by atoms with Gasteiger partial charge in [0.2, 0.25) is 0 Å². The van der Waals surface area contributed by atoms with Crippen LogP contribution in [0.4, 0.5) is 0 Å². The maximum absolute atomic E-state index is 12.1. The van der Waals surface area contributed by atoms with E-state index in [9.17, 15) is 9.59 Å². The van der Waals surface area contributed by atoms with Crippen molar-refractivity contribution in [3.05, 3.63) is 28.0 Å². The summed E-state index contributed by atoms with van der Waals surface area (Å²) in [5.74, 6) is 0.778. The second-order valence-electron chi connectivity index (χ2n) is 5.83. The summed E-state index contributed by atoms with van der Waals surface area (Å²) in [5.41, 5.74) is 0.560. The molecule has 0 radical (unpaired) electrons. The highest BCUT2D eigenvalue weighted by Gasteiger charge is 2.24. The third-order valence-electron chi connectivity index (χ3n) is 3.79. The molecule has 0 aromatic carbocycles. The van der Waals surface area contributed by atoms with E-state index in [1.54, 1.807) is 12.1 Å². The van der Waals surface area contributed by atoms with Gasteiger partial charge in [-0.2, -0.15) is 0 Å². The number of carbonyl (C=O) groups is 2. The number of hydrogen-bond acceptors (Lipinski definition) is 3. The van der Waals surface area contributed by atoms with Crippen molar-refractivity contribution in [1.82, 2.24) is 15.6 Å². The minimum absolute atomic E-state index is 0.217. The minimum atomic E-state index is -0.231. The molecule has 1 aromatic rings. The summed E-state index contributed by atoms with van der Waals surface area (Å²) in [7, 11) is 0. The van der Waals surface area contributed by atoms with Crippen LogP contribution in [0.2, 0.25) is 0 Å². The van der Waals surface area contributed by atoms with Gasteiger partial charge in [0, 0.05) is 17.6 Å². The molecule has 2 saturated carbocycles. The van der Waals surface area contributed by atoms with Gasteiger partial charge in [-0.1, -0.05) is 0 Å². The van der Waals surface area contributed by atoms with Gasteiger partial charge in [-0.25, -0.2) is 4.98 Å². The average molecular weight is 352 g/mol. The zero-order valence-electron chi connectivity index (χ0n) is 11.7. The topological polar surface area (TPSA) is 71.1 Å². The van der Waals surface area contributed by atoms with E-state index < -0.39 is 0 Å². The molecule has 3 rings (SSSR count). The van der Waals surface area contributed by atoms with E-state index in [0.717, 1.165) is 0 Å². The molecule has 112 valence electrons. The fourth-order valence-electron chi connectivity index (χ4n) is 2.02. The molecule has 0 aliphatic heterocycles. The number of rotatable bonds is 6. The lowest BCUT2D eigenvalue weighted by Gasteiger charge is -2.08. The number of nitrogens with one attached hydrogen (secondary N) is 2. The molecule has 2 aliphatic rings. The maximum Gasteiger partial charge on any atom is 0.271 e. The predicted molar refractivity (Wildman–Crippen MR) is 82.1 cm³/mol. The third-order valence-corrected chi connectivity index (χ3v) is 4.43. The van der Waals surface area contributed by atoms with E-state index in [0.29, 0.717) is 29.4 Å². The molecule has 2 aliphatic carbocycles. The Morgan fingerprint density at radius 2 is 1.62 bits per heavy atom. The lowest BCUT2D eigenvalue weighted by Crippen LogP contribution is -2.29. The Labute approximate surface area is 132 Å². The largest absolute Gasteiger partial charge is 0.350 e. The van der Waals surface area contributed by atoms with Crippen LogP contribution in [0.25, 0.3) is 0 Å². The zero-order chi connectivity index (χ0) is 14.8. The number of amides is 2. The maximum atomic E-state index is 12.1. The Kier molecular flexibility index (Phi) is 4.24. The van der Waals surface area contributed by atoms with E-state index in [1.807, 2.05) is 0 Å². The summed E-state index contributed by atoms with van der Waals surface area (Å²) < 4.78 is 0.606. The normalized spacial score (nSPS) is 17.4. The first kappa shape index (κ1) is 14.5. The molecule has 1 aromatic heterocycles. The van der Waals surface area contributed by atoms with Gasteiger partial charge in [0.25, 0.3) is 11.8 Å². The number of hydrogen-bond donors (Lipinski definition) is 2. The molecule has 0 spiro atoms. The average Bonchev–Trinajstić information content (AvgIpc) is 3.37. The van der Waals surface area contributed by atoms with Crippen LogP contribution in [0, 0.1) is 11.8 Å². The number of pyridine rings is 1. The smallest absolute Gasteiger partial charge is 0.271 e. The van der Waals surface area contributed by atoms with Crippen LogP contribution in [-0.4, -0.2) is 29.9 Å². The van der Waals surface area contributed by atoms with E-state index in [1.165, 1.54) is 25.7 Å². The summed E-state index contributed by atoms with van der Waals surface area (Å²) in [4.78, 5) is 28.3. The Hall–Kier alpha value is -1.43. The number of aromatic nitrogens is 1. The second kappa shape index (κ2) is 6.13. The molecular formula is C15H18BrN3O2. The van der Waals surface area contributed by atoms with Gasteiger partial charge >= 0.3 is 0 Å². The van der Waals surface area contributed by atoms with Crippen molar-refractivity contribution in [2.45, 2.75) is 25.7 Å². The molecule has 2 fully saturated rings. The molecule has 6 heteroatoms. The molecule has 0 saturated heterocycles. The first-order chi connectivity index (χ1) is 10.1. The van der Waals surface area contributed by atoms with Crippen LogP contribution in [0.5, 0.6) is 0 Å². The van der Waals surface area contributed by atoms with Crippen molar-refractivity contribution >= 4 is 27.7 Å². The SMILES string of the molecule is O=C(NCC1CC1)c1ccc(Br)c(C(=O)NCC2CC2)n1. The molecule has 5 nitrogen and oxygen atoms in total. The van der Waals surface area contributed by atoms with Crippen LogP contribution >= 0.6 is 15.9 Å². The number of nitrogens with zero attached hydrogens (tertiary/aromatic N) is 1. The van der Waals surface area contributed by atoms with Crippen LogP contribution in [-0.2, 0) is 0 Å². The Balaban J connectivity index is 1.65. The van der Waals surface area contributed by atoms with E-state index in [2.05, 4.69) is 31.5 Å². The van der Waals surface area contributed by atoms with Gasteiger partial charge in [-0.3, -0.25) is 9.59 Å².